The Balaban J connectivity index is 0.000000505. The van der Waals surface area contributed by atoms with Gasteiger partial charge in [0.2, 0.25) is 0 Å². The van der Waals surface area contributed by atoms with E-state index < -0.39 is 29.7 Å². The van der Waals surface area contributed by atoms with E-state index in [2.05, 4.69) is 15.0 Å². The first-order valence-electron chi connectivity index (χ1n) is 7.91. The summed E-state index contributed by atoms with van der Waals surface area (Å²) in [4.78, 5) is 25.0. The van der Waals surface area contributed by atoms with Gasteiger partial charge in [-0.1, -0.05) is 20.3 Å². The molecule has 24 heavy (non-hydrogen) atoms. The molecule has 4 unspecified atom stereocenters. The summed E-state index contributed by atoms with van der Waals surface area (Å²) in [6, 6.07) is 1.23. The largest absolute Gasteiger partial charge is 0.388 e. The molecule has 1 aromatic heterocycles. The Morgan fingerprint density at radius 2 is 2.08 bits per heavy atom. The lowest BCUT2D eigenvalue weighted by Gasteiger charge is -2.20. The van der Waals surface area contributed by atoms with E-state index in [1.807, 2.05) is 29.9 Å². The van der Waals surface area contributed by atoms with Crippen LogP contribution in [0.4, 0.5) is 0 Å². The Kier molecular flexibility index (Phi) is 9.74. The average molecular weight is 456 g/mol. The van der Waals surface area contributed by atoms with Gasteiger partial charge in [0.15, 0.2) is 6.23 Å². The lowest BCUT2D eigenvalue weighted by molar-refractivity contribution is -0.0549. The molecule has 2 rings (SSSR count). The molecular weight excluding hydrogens is 431 g/mol. The number of aliphatic hydroxyl groups is 1. The fourth-order valence-corrected chi connectivity index (χ4v) is 2.87. The molecule has 0 spiro atoms. The van der Waals surface area contributed by atoms with Crippen LogP contribution < -0.4 is 11.2 Å². The van der Waals surface area contributed by atoms with Crippen molar-refractivity contribution in [3.8, 4) is 0 Å². The standard InChI is InChI=1S/C12H18N2O5.C3H7IO/c1-3-4-7-9(16)10(18-2)11(19-7)14-6-5-8(15)13-12(14)17;1-2-3-5-4/h5-7,9-11,16H,3-4H2,1-2H3,(H,13,15,17);2-3H2,1H3. The quantitative estimate of drug-likeness (QED) is 0.628. The number of aromatic amines is 1. The van der Waals surface area contributed by atoms with Crippen molar-refractivity contribution in [2.75, 3.05) is 13.7 Å². The highest BCUT2D eigenvalue weighted by Gasteiger charge is 2.44. The Morgan fingerprint density at radius 1 is 1.38 bits per heavy atom. The third-order valence-corrected chi connectivity index (χ3v) is 4.01. The minimum absolute atomic E-state index is 0.376. The van der Waals surface area contributed by atoms with Gasteiger partial charge in [-0.05, 0) is 12.8 Å². The molecule has 0 radical (unpaired) electrons. The summed E-state index contributed by atoms with van der Waals surface area (Å²) in [5, 5.41) is 10.1. The molecule has 4 atom stereocenters. The maximum atomic E-state index is 11.7. The molecule has 0 saturated carbocycles. The van der Waals surface area contributed by atoms with Crippen LogP contribution in [-0.4, -0.2) is 46.7 Å². The van der Waals surface area contributed by atoms with Crippen LogP contribution in [0, 0.1) is 0 Å². The van der Waals surface area contributed by atoms with Crippen LogP contribution in [-0.2, 0) is 12.5 Å². The molecule has 0 aromatic carbocycles. The molecule has 2 heterocycles. The topological polar surface area (TPSA) is 103 Å². The molecule has 2 N–H and O–H groups in total. The van der Waals surface area contributed by atoms with E-state index >= 15 is 0 Å². The monoisotopic (exact) mass is 456 g/mol. The SMILES string of the molecule is CCCC1OC(n2ccc(=O)[nH]c2=O)C(OC)C1O.CCCOI. The lowest BCUT2D eigenvalue weighted by Crippen LogP contribution is -2.38. The van der Waals surface area contributed by atoms with Gasteiger partial charge in [0.1, 0.15) is 35.2 Å². The van der Waals surface area contributed by atoms with Crippen LogP contribution >= 0.6 is 23.0 Å². The molecule has 0 aliphatic carbocycles. The third-order valence-electron chi connectivity index (χ3n) is 3.56. The van der Waals surface area contributed by atoms with E-state index in [0.29, 0.717) is 6.42 Å². The van der Waals surface area contributed by atoms with Gasteiger partial charge in [-0.25, -0.2) is 4.79 Å². The molecule has 1 fully saturated rings. The van der Waals surface area contributed by atoms with E-state index in [4.69, 9.17) is 9.47 Å². The van der Waals surface area contributed by atoms with Gasteiger partial charge in [0.25, 0.3) is 5.56 Å². The highest BCUT2D eigenvalue weighted by Crippen LogP contribution is 2.32. The number of rotatable bonds is 6. The Bertz CT molecular complexity index is 588. The zero-order valence-electron chi connectivity index (χ0n) is 14.1. The van der Waals surface area contributed by atoms with Crippen LogP contribution in [0.25, 0.3) is 0 Å². The second-order valence-electron chi connectivity index (χ2n) is 5.38. The smallest absolute Gasteiger partial charge is 0.330 e. The summed E-state index contributed by atoms with van der Waals surface area (Å²) < 4.78 is 16.8. The van der Waals surface area contributed by atoms with Crippen molar-refractivity contribution < 1.29 is 17.6 Å². The van der Waals surface area contributed by atoms with Crippen molar-refractivity contribution in [3.05, 3.63) is 33.1 Å². The first-order valence-corrected chi connectivity index (χ1v) is 8.79. The number of methoxy groups -OCH3 is 1. The first-order chi connectivity index (χ1) is 11.5. The second-order valence-corrected chi connectivity index (χ2v) is 6.00. The van der Waals surface area contributed by atoms with Gasteiger partial charge >= 0.3 is 5.69 Å². The molecule has 0 amide bonds. The molecule has 138 valence electrons. The summed E-state index contributed by atoms with van der Waals surface area (Å²) in [7, 11) is 1.45. The highest BCUT2D eigenvalue weighted by molar-refractivity contribution is 14.1. The Hall–Kier alpha value is -0.750. The van der Waals surface area contributed by atoms with Gasteiger partial charge < -0.3 is 17.6 Å². The van der Waals surface area contributed by atoms with Gasteiger partial charge in [-0.3, -0.25) is 14.3 Å². The van der Waals surface area contributed by atoms with Crippen molar-refractivity contribution in [1.82, 2.24) is 9.55 Å². The van der Waals surface area contributed by atoms with Crippen molar-refractivity contribution in [1.29, 1.82) is 0 Å². The second kappa shape index (κ2) is 11.0. The fraction of sp³-hybridized carbons (Fsp3) is 0.733. The van der Waals surface area contributed by atoms with Gasteiger partial charge in [-0.15, -0.1) is 0 Å². The van der Waals surface area contributed by atoms with Crippen LogP contribution in [0.2, 0.25) is 0 Å². The first kappa shape index (κ1) is 21.3. The predicted octanol–water partition coefficient (Wildman–Crippen LogP) is 1.37. The number of H-pyrrole nitrogens is 1. The molecular formula is C15H25IN2O6. The minimum Gasteiger partial charge on any atom is -0.388 e. The number of nitrogens with zero attached hydrogens (tertiary/aromatic N) is 1. The normalized spacial score (nSPS) is 26.0. The summed E-state index contributed by atoms with van der Waals surface area (Å²) in [5.74, 6) is 0. The van der Waals surface area contributed by atoms with Crippen molar-refractivity contribution in [2.24, 2.45) is 0 Å². The molecule has 1 aliphatic heterocycles. The van der Waals surface area contributed by atoms with Gasteiger partial charge in [0, 0.05) is 19.4 Å². The van der Waals surface area contributed by atoms with E-state index in [0.717, 1.165) is 19.4 Å². The minimum atomic E-state index is -0.797. The van der Waals surface area contributed by atoms with Crippen molar-refractivity contribution in [3.63, 3.8) is 0 Å². The molecule has 8 nitrogen and oxygen atoms in total. The zero-order valence-corrected chi connectivity index (χ0v) is 16.3. The van der Waals surface area contributed by atoms with E-state index in [1.165, 1.54) is 23.9 Å². The van der Waals surface area contributed by atoms with Crippen LogP contribution in [0.1, 0.15) is 39.3 Å². The van der Waals surface area contributed by atoms with Crippen LogP contribution in [0.3, 0.4) is 0 Å². The number of nitrogens with one attached hydrogen (secondary N) is 1. The summed E-state index contributed by atoms with van der Waals surface area (Å²) in [6.07, 6.45) is 1.44. The van der Waals surface area contributed by atoms with E-state index in [1.54, 1.807) is 0 Å². The van der Waals surface area contributed by atoms with E-state index in [9.17, 15) is 14.7 Å². The average Bonchev–Trinajstić information content (AvgIpc) is 2.85. The van der Waals surface area contributed by atoms with Gasteiger partial charge in [-0.2, -0.15) is 0 Å². The van der Waals surface area contributed by atoms with Crippen molar-refractivity contribution in [2.45, 2.75) is 57.6 Å². The lowest BCUT2D eigenvalue weighted by atomic mass is 10.1. The zero-order chi connectivity index (χ0) is 18.1. The Morgan fingerprint density at radius 3 is 2.54 bits per heavy atom. The number of aromatic nitrogens is 2. The van der Waals surface area contributed by atoms with Gasteiger partial charge in [0.05, 0.1) is 12.7 Å². The number of hydrogen-bond donors (Lipinski definition) is 2. The fourth-order valence-electron chi connectivity index (χ4n) is 2.43. The van der Waals surface area contributed by atoms with Crippen LogP contribution in [0.15, 0.2) is 21.9 Å². The van der Waals surface area contributed by atoms with Crippen LogP contribution in [0.5, 0.6) is 0 Å². The summed E-state index contributed by atoms with van der Waals surface area (Å²) in [6.45, 7) is 4.94. The summed E-state index contributed by atoms with van der Waals surface area (Å²) in [5.41, 5.74) is -1.05. The number of hydrogen-bond acceptors (Lipinski definition) is 6. The molecule has 9 heteroatoms. The number of aliphatic hydroxyl groups excluding tert-OH is 1. The molecule has 1 aromatic rings. The molecule has 0 bridgehead atoms. The highest BCUT2D eigenvalue weighted by atomic mass is 127. The maximum Gasteiger partial charge on any atom is 0.330 e. The molecule has 1 saturated heterocycles. The maximum absolute atomic E-state index is 11.7. The predicted molar refractivity (Wildman–Crippen MR) is 97.2 cm³/mol. The summed E-state index contributed by atoms with van der Waals surface area (Å²) >= 11 is 1.89. The van der Waals surface area contributed by atoms with E-state index in [-0.39, 0.29) is 6.10 Å². The van der Waals surface area contributed by atoms with Crippen molar-refractivity contribution >= 4 is 23.0 Å². The number of ether oxygens (including phenoxy) is 2. The Labute approximate surface area is 154 Å². The molecule has 1 aliphatic rings. The number of halogens is 1. The third kappa shape index (κ3) is 5.66.